The van der Waals surface area contributed by atoms with Gasteiger partial charge in [0.2, 0.25) is 13.9 Å². The average Bonchev–Trinajstić information content (AvgIpc) is 2.22. The zero-order valence-electron chi connectivity index (χ0n) is 10.1. The van der Waals surface area contributed by atoms with Crippen LogP contribution in [-0.4, -0.2) is 25.2 Å². The van der Waals surface area contributed by atoms with Crippen molar-refractivity contribution < 1.29 is 4.79 Å². The second-order valence-electron chi connectivity index (χ2n) is 5.37. The predicted octanol–water partition coefficient (Wildman–Crippen LogP) is 2.07. The van der Waals surface area contributed by atoms with E-state index in [1.807, 2.05) is 6.07 Å². The molecule has 0 fully saturated rings. The lowest BCUT2D eigenvalue weighted by atomic mass is 9.83. The fourth-order valence-electron chi connectivity index (χ4n) is 1.96. The van der Waals surface area contributed by atoms with Crippen molar-refractivity contribution in [2.75, 3.05) is 6.54 Å². The molecule has 0 atom stereocenters. The first-order valence-electron chi connectivity index (χ1n) is 5.59. The van der Waals surface area contributed by atoms with E-state index in [4.69, 9.17) is 7.98 Å². The van der Waals surface area contributed by atoms with Gasteiger partial charge in [-0.3, -0.25) is 4.79 Å². The van der Waals surface area contributed by atoms with Crippen molar-refractivity contribution >= 4 is 13.9 Å². The first-order valence-corrected chi connectivity index (χ1v) is 5.59. The maximum absolute atomic E-state index is 11.9. The number of fused-ring (bicyclic) bond motifs is 1. The largest absolute Gasteiger partial charge is 0.392 e. The zero-order valence-corrected chi connectivity index (χ0v) is 10.1. The summed E-state index contributed by atoms with van der Waals surface area (Å²) < 4.78 is 0. The average molecular weight is 213 g/mol. The van der Waals surface area contributed by atoms with Gasteiger partial charge in [-0.1, -0.05) is 32.9 Å². The number of nitrogens with zero attached hydrogens (tertiary/aromatic N) is 1. The minimum atomic E-state index is -0.0626. The summed E-state index contributed by atoms with van der Waals surface area (Å²) in [5, 5.41) is 0. The van der Waals surface area contributed by atoms with E-state index in [0.717, 1.165) is 17.5 Å². The third-order valence-corrected chi connectivity index (χ3v) is 3.09. The molecule has 0 spiro atoms. The topological polar surface area (TPSA) is 20.3 Å². The van der Waals surface area contributed by atoms with Crippen molar-refractivity contribution in [1.82, 2.24) is 4.81 Å². The quantitative estimate of drug-likeness (QED) is 0.604. The fourth-order valence-corrected chi connectivity index (χ4v) is 1.96. The van der Waals surface area contributed by atoms with Gasteiger partial charge in [-0.05, 0) is 29.0 Å². The Balaban J connectivity index is 2.49. The molecule has 1 aromatic carbocycles. The minimum Gasteiger partial charge on any atom is -0.392 e. The Kier molecular flexibility index (Phi) is 2.57. The Labute approximate surface area is 98.1 Å². The molecule has 16 heavy (non-hydrogen) atoms. The molecule has 82 valence electrons. The van der Waals surface area contributed by atoms with E-state index in [1.165, 1.54) is 10.4 Å². The third-order valence-electron chi connectivity index (χ3n) is 3.09. The Morgan fingerprint density at radius 3 is 2.62 bits per heavy atom. The van der Waals surface area contributed by atoms with Crippen LogP contribution in [-0.2, 0) is 11.8 Å². The van der Waals surface area contributed by atoms with Gasteiger partial charge >= 0.3 is 0 Å². The number of carbonyl (C=O) groups excluding carboxylic acids is 1. The van der Waals surface area contributed by atoms with Crippen LogP contribution in [0.25, 0.3) is 0 Å². The summed E-state index contributed by atoms with van der Waals surface area (Å²) >= 11 is 0. The van der Waals surface area contributed by atoms with Crippen LogP contribution in [0.3, 0.4) is 0 Å². The standard InChI is InChI=1S/C13H16BNO/c1-13(2,3)10-5-4-9-6-7-15(14)12(16)11(9)8-10/h4-5,8H,6-7H2,1-3H3. The zero-order chi connectivity index (χ0) is 11.9. The highest BCUT2D eigenvalue weighted by Crippen LogP contribution is 2.27. The lowest BCUT2D eigenvalue weighted by Gasteiger charge is -2.28. The van der Waals surface area contributed by atoms with Crippen molar-refractivity contribution in [1.29, 1.82) is 0 Å². The van der Waals surface area contributed by atoms with Gasteiger partial charge in [0.25, 0.3) is 0 Å². The summed E-state index contributed by atoms with van der Waals surface area (Å²) in [6, 6.07) is 6.15. The molecule has 0 unspecified atom stereocenters. The van der Waals surface area contributed by atoms with Crippen LogP contribution in [0, 0.1) is 0 Å². The Bertz CT molecular complexity index is 434. The fraction of sp³-hybridized carbons (Fsp3) is 0.462. The van der Waals surface area contributed by atoms with Crippen LogP contribution >= 0.6 is 0 Å². The Morgan fingerprint density at radius 1 is 1.31 bits per heavy atom. The lowest BCUT2D eigenvalue weighted by molar-refractivity contribution is 0.0851. The van der Waals surface area contributed by atoms with Gasteiger partial charge in [-0.15, -0.1) is 0 Å². The normalized spacial score (nSPS) is 16.2. The molecular weight excluding hydrogens is 197 g/mol. The monoisotopic (exact) mass is 213 g/mol. The molecule has 2 rings (SSSR count). The molecule has 1 heterocycles. The van der Waals surface area contributed by atoms with Crippen molar-refractivity contribution in [3.05, 3.63) is 34.9 Å². The minimum absolute atomic E-state index is 0.0617. The molecule has 1 amide bonds. The van der Waals surface area contributed by atoms with Crippen molar-refractivity contribution in [3.63, 3.8) is 0 Å². The summed E-state index contributed by atoms with van der Waals surface area (Å²) in [7, 11) is 5.64. The Morgan fingerprint density at radius 2 is 2.00 bits per heavy atom. The molecule has 2 nitrogen and oxygen atoms in total. The van der Waals surface area contributed by atoms with E-state index in [1.54, 1.807) is 0 Å². The van der Waals surface area contributed by atoms with Crippen LogP contribution in [0.4, 0.5) is 0 Å². The number of hydrogen-bond donors (Lipinski definition) is 0. The van der Waals surface area contributed by atoms with E-state index in [-0.39, 0.29) is 11.3 Å². The third kappa shape index (κ3) is 1.86. The van der Waals surface area contributed by atoms with Crippen LogP contribution in [0.1, 0.15) is 42.3 Å². The smallest absolute Gasteiger partial charge is 0.241 e. The molecule has 2 radical (unpaired) electrons. The van der Waals surface area contributed by atoms with Crippen LogP contribution in [0.5, 0.6) is 0 Å². The molecule has 1 aromatic rings. The van der Waals surface area contributed by atoms with E-state index >= 15 is 0 Å². The van der Waals surface area contributed by atoms with Crippen molar-refractivity contribution in [2.45, 2.75) is 32.6 Å². The molecule has 0 aromatic heterocycles. The second-order valence-corrected chi connectivity index (χ2v) is 5.37. The lowest BCUT2D eigenvalue weighted by Crippen LogP contribution is -2.35. The summed E-state index contributed by atoms with van der Waals surface area (Å²) in [5.41, 5.74) is 3.11. The van der Waals surface area contributed by atoms with Gasteiger partial charge in [0, 0.05) is 12.1 Å². The number of rotatable bonds is 0. The number of carbonyl (C=O) groups is 1. The molecule has 3 heteroatoms. The summed E-state index contributed by atoms with van der Waals surface area (Å²) in [6.07, 6.45) is 0.849. The molecule has 0 N–H and O–H groups in total. The van der Waals surface area contributed by atoms with Crippen LogP contribution < -0.4 is 0 Å². The summed E-state index contributed by atoms with van der Waals surface area (Å²) in [5.74, 6) is -0.0626. The molecule has 1 aliphatic heterocycles. The van der Waals surface area contributed by atoms with E-state index in [0.29, 0.717) is 6.54 Å². The van der Waals surface area contributed by atoms with Crippen LogP contribution in [0.15, 0.2) is 18.2 Å². The molecular formula is C13H16BNO. The van der Waals surface area contributed by atoms with E-state index in [2.05, 4.69) is 32.9 Å². The molecule has 0 saturated heterocycles. The van der Waals surface area contributed by atoms with E-state index < -0.39 is 0 Å². The SMILES string of the molecule is [B]N1CCc2ccc(C(C)(C)C)cc2C1=O. The summed E-state index contributed by atoms with van der Waals surface area (Å²) in [4.78, 5) is 13.2. The highest BCUT2D eigenvalue weighted by atomic mass is 16.2. The van der Waals surface area contributed by atoms with Crippen molar-refractivity contribution in [3.8, 4) is 0 Å². The van der Waals surface area contributed by atoms with Gasteiger partial charge in [-0.25, -0.2) is 0 Å². The first-order chi connectivity index (χ1) is 7.39. The molecule has 0 aliphatic carbocycles. The number of benzene rings is 1. The van der Waals surface area contributed by atoms with Gasteiger partial charge in [0.15, 0.2) is 0 Å². The highest BCUT2D eigenvalue weighted by molar-refractivity contribution is 6.19. The number of amides is 1. The molecule has 0 bridgehead atoms. The summed E-state index contributed by atoms with van der Waals surface area (Å²) in [6.45, 7) is 7.04. The maximum Gasteiger partial charge on any atom is 0.241 e. The Hall–Kier alpha value is -1.25. The first kappa shape index (κ1) is 11.2. The van der Waals surface area contributed by atoms with Gasteiger partial charge in [0.05, 0.1) is 0 Å². The predicted molar refractivity (Wildman–Crippen MR) is 65.6 cm³/mol. The second kappa shape index (κ2) is 3.65. The van der Waals surface area contributed by atoms with Crippen molar-refractivity contribution in [2.24, 2.45) is 0 Å². The molecule has 1 aliphatic rings. The van der Waals surface area contributed by atoms with E-state index in [9.17, 15) is 4.79 Å². The van der Waals surface area contributed by atoms with Crippen LogP contribution in [0.2, 0.25) is 0 Å². The highest BCUT2D eigenvalue weighted by Gasteiger charge is 2.23. The molecule has 0 saturated carbocycles. The maximum atomic E-state index is 11.9. The number of hydrogen-bond acceptors (Lipinski definition) is 1. The van der Waals surface area contributed by atoms with Gasteiger partial charge in [-0.2, -0.15) is 0 Å². The van der Waals surface area contributed by atoms with Gasteiger partial charge in [0.1, 0.15) is 0 Å². The van der Waals surface area contributed by atoms with Gasteiger partial charge < -0.3 is 4.81 Å².